The Labute approximate surface area is 103 Å². The van der Waals surface area contributed by atoms with Crippen LogP contribution in [0.25, 0.3) is 0 Å². The smallest absolute Gasteiger partial charge is 0.0196 e. The molecule has 0 aromatic carbocycles. The quantitative estimate of drug-likeness (QED) is 0.805. The molecule has 0 radical (unpaired) electrons. The van der Waals surface area contributed by atoms with Crippen LogP contribution in [0.4, 0.5) is 0 Å². The highest BCUT2D eigenvalue weighted by Crippen LogP contribution is 2.60. The number of aromatic amines is 1. The van der Waals surface area contributed by atoms with Gasteiger partial charge in [-0.1, -0.05) is 0 Å². The maximum Gasteiger partial charge on any atom is 0.0196 e. The lowest BCUT2D eigenvalue weighted by Crippen LogP contribution is -2.43. The monoisotopic (exact) mass is 230 g/mol. The number of H-pyrrole nitrogens is 1. The highest BCUT2D eigenvalue weighted by Gasteiger charge is 2.48. The second-order valence-corrected chi connectivity index (χ2v) is 6.60. The predicted molar refractivity (Wildman–Crippen MR) is 68.5 cm³/mol. The molecule has 0 amide bonds. The van der Waals surface area contributed by atoms with Crippen LogP contribution in [-0.2, 0) is 6.54 Å². The summed E-state index contributed by atoms with van der Waals surface area (Å²) >= 11 is 0. The third-order valence-corrected chi connectivity index (χ3v) is 5.67. The minimum absolute atomic E-state index is 0.696. The fourth-order valence-electron chi connectivity index (χ4n) is 5.33. The summed E-state index contributed by atoms with van der Waals surface area (Å²) in [6.07, 6.45) is 11.9. The van der Waals surface area contributed by atoms with E-state index in [4.69, 9.17) is 5.73 Å². The van der Waals surface area contributed by atoms with E-state index in [-0.39, 0.29) is 0 Å². The van der Waals surface area contributed by atoms with Gasteiger partial charge in [0.05, 0.1) is 0 Å². The molecule has 4 saturated carbocycles. The van der Waals surface area contributed by atoms with Crippen LogP contribution in [0.2, 0.25) is 0 Å². The molecule has 0 spiro atoms. The highest BCUT2D eigenvalue weighted by molar-refractivity contribution is 5.30. The first kappa shape index (κ1) is 10.2. The molecule has 0 aliphatic heterocycles. The fourth-order valence-corrected chi connectivity index (χ4v) is 5.33. The molecule has 3 N–H and O–H groups in total. The Morgan fingerprint density at radius 3 is 2.24 bits per heavy atom. The van der Waals surface area contributed by atoms with Gasteiger partial charge in [0.2, 0.25) is 0 Å². The molecule has 0 atom stereocenters. The number of rotatable bonds is 2. The van der Waals surface area contributed by atoms with Gasteiger partial charge in [-0.3, -0.25) is 0 Å². The second-order valence-electron chi connectivity index (χ2n) is 6.60. The number of hydrogen-bond acceptors (Lipinski definition) is 1. The van der Waals surface area contributed by atoms with Crippen LogP contribution in [0.3, 0.4) is 0 Å². The zero-order chi connectivity index (χ0) is 11.4. The Hall–Kier alpha value is -0.760. The van der Waals surface area contributed by atoms with E-state index in [0.717, 1.165) is 29.6 Å². The van der Waals surface area contributed by atoms with Crippen molar-refractivity contribution in [1.29, 1.82) is 0 Å². The van der Waals surface area contributed by atoms with Crippen molar-refractivity contribution in [3.63, 3.8) is 0 Å². The summed E-state index contributed by atoms with van der Waals surface area (Å²) in [7, 11) is 0. The Morgan fingerprint density at radius 2 is 1.65 bits per heavy atom. The first-order chi connectivity index (χ1) is 8.35. The summed E-state index contributed by atoms with van der Waals surface area (Å²) in [4.78, 5) is 3.28. The van der Waals surface area contributed by atoms with E-state index < -0.39 is 0 Å². The average molecular weight is 230 g/mol. The zero-order valence-corrected chi connectivity index (χ0v) is 10.4. The number of aromatic nitrogens is 1. The van der Waals surface area contributed by atoms with Gasteiger partial charge in [0, 0.05) is 18.9 Å². The average Bonchev–Trinajstić information content (AvgIpc) is 2.75. The van der Waals surface area contributed by atoms with Gasteiger partial charge in [0.15, 0.2) is 0 Å². The van der Waals surface area contributed by atoms with Crippen molar-refractivity contribution in [2.24, 2.45) is 29.4 Å². The molecule has 2 heteroatoms. The van der Waals surface area contributed by atoms with Crippen LogP contribution in [0.15, 0.2) is 12.4 Å². The largest absolute Gasteiger partial charge is 0.367 e. The van der Waals surface area contributed by atoms with E-state index in [1.165, 1.54) is 37.7 Å². The summed E-state index contributed by atoms with van der Waals surface area (Å²) in [5.74, 6) is 4.88. The summed E-state index contributed by atoms with van der Waals surface area (Å²) in [5, 5.41) is 0. The van der Waals surface area contributed by atoms with Gasteiger partial charge in [-0.2, -0.15) is 0 Å². The topological polar surface area (TPSA) is 41.8 Å². The van der Waals surface area contributed by atoms with E-state index >= 15 is 0 Å². The molecule has 1 heterocycles. The molecule has 92 valence electrons. The molecule has 17 heavy (non-hydrogen) atoms. The van der Waals surface area contributed by atoms with Crippen LogP contribution >= 0.6 is 0 Å². The molecule has 4 aliphatic rings. The SMILES string of the molecule is NCc1c[nH]cc1C1C2CC3CC(C2)CC1C3. The minimum atomic E-state index is 0.696. The number of nitrogens with two attached hydrogens (primary N) is 1. The number of hydrogen-bond donors (Lipinski definition) is 2. The van der Waals surface area contributed by atoms with Gasteiger partial charge in [-0.25, -0.2) is 0 Å². The van der Waals surface area contributed by atoms with Crippen LogP contribution in [-0.4, -0.2) is 4.98 Å². The molecule has 4 fully saturated rings. The molecule has 1 aromatic rings. The van der Waals surface area contributed by atoms with Gasteiger partial charge in [-0.05, 0) is 72.8 Å². The van der Waals surface area contributed by atoms with E-state index in [2.05, 4.69) is 17.4 Å². The van der Waals surface area contributed by atoms with E-state index in [0.29, 0.717) is 6.54 Å². The highest BCUT2D eigenvalue weighted by atomic mass is 14.7. The third kappa shape index (κ3) is 1.43. The van der Waals surface area contributed by atoms with E-state index in [1.807, 2.05) is 0 Å². The van der Waals surface area contributed by atoms with Crippen molar-refractivity contribution in [3.05, 3.63) is 23.5 Å². The molecule has 4 aliphatic carbocycles. The maximum absolute atomic E-state index is 5.87. The normalized spacial score (nSPS) is 43.2. The Balaban J connectivity index is 1.70. The lowest BCUT2D eigenvalue weighted by Gasteiger charge is -2.54. The van der Waals surface area contributed by atoms with Crippen molar-refractivity contribution in [2.75, 3.05) is 0 Å². The van der Waals surface area contributed by atoms with Crippen molar-refractivity contribution in [2.45, 2.75) is 44.6 Å². The molecule has 0 saturated heterocycles. The maximum atomic E-state index is 5.87. The van der Waals surface area contributed by atoms with Gasteiger partial charge in [0.25, 0.3) is 0 Å². The van der Waals surface area contributed by atoms with Crippen LogP contribution < -0.4 is 5.73 Å². The van der Waals surface area contributed by atoms with Gasteiger partial charge in [0.1, 0.15) is 0 Å². The second kappa shape index (κ2) is 3.61. The summed E-state index contributed by atoms with van der Waals surface area (Å²) in [5.41, 5.74) is 8.79. The standard InChI is InChI=1S/C15H22N2/c16-6-13-7-17-8-14(13)15-11-2-9-1-10(4-11)5-12(15)3-9/h7-12,15,17H,1-6,16H2. The van der Waals surface area contributed by atoms with Gasteiger partial charge >= 0.3 is 0 Å². The molecule has 2 nitrogen and oxygen atoms in total. The Morgan fingerprint density at radius 1 is 1.00 bits per heavy atom. The van der Waals surface area contributed by atoms with Crippen molar-refractivity contribution < 1.29 is 0 Å². The summed E-state index contributed by atoms with van der Waals surface area (Å²) in [6, 6.07) is 0. The predicted octanol–water partition coefficient (Wildman–Crippen LogP) is 3.01. The van der Waals surface area contributed by atoms with Crippen molar-refractivity contribution in [3.8, 4) is 0 Å². The Kier molecular flexibility index (Phi) is 2.17. The van der Waals surface area contributed by atoms with Crippen LogP contribution in [0.1, 0.15) is 49.1 Å². The molecule has 4 bridgehead atoms. The van der Waals surface area contributed by atoms with Crippen LogP contribution in [0, 0.1) is 23.7 Å². The minimum Gasteiger partial charge on any atom is -0.367 e. The van der Waals surface area contributed by atoms with Gasteiger partial charge in [-0.15, -0.1) is 0 Å². The Bertz CT molecular complexity index is 392. The lowest BCUT2D eigenvalue weighted by molar-refractivity contribution is -0.00299. The zero-order valence-electron chi connectivity index (χ0n) is 10.4. The van der Waals surface area contributed by atoms with Crippen LogP contribution in [0.5, 0.6) is 0 Å². The molecule has 5 rings (SSSR count). The van der Waals surface area contributed by atoms with Crippen molar-refractivity contribution >= 4 is 0 Å². The van der Waals surface area contributed by atoms with Crippen molar-refractivity contribution in [1.82, 2.24) is 4.98 Å². The molecule has 0 unspecified atom stereocenters. The number of nitrogens with one attached hydrogen (secondary N) is 1. The van der Waals surface area contributed by atoms with E-state index in [1.54, 1.807) is 5.56 Å². The molecular formula is C15H22N2. The summed E-state index contributed by atoms with van der Waals surface area (Å²) in [6.45, 7) is 0.696. The first-order valence-corrected chi connectivity index (χ1v) is 7.20. The first-order valence-electron chi connectivity index (χ1n) is 7.20. The molecular weight excluding hydrogens is 208 g/mol. The molecule has 1 aromatic heterocycles. The lowest BCUT2D eigenvalue weighted by atomic mass is 9.50. The van der Waals surface area contributed by atoms with E-state index in [9.17, 15) is 0 Å². The third-order valence-electron chi connectivity index (χ3n) is 5.67. The van der Waals surface area contributed by atoms with Gasteiger partial charge < -0.3 is 10.7 Å². The summed E-state index contributed by atoms with van der Waals surface area (Å²) < 4.78 is 0. The fraction of sp³-hybridized carbons (Fsp3) is 0.733.